The van der Waals surface area contributed by atoms with Gasteiger partial charge in [-0.15, -0.1) is 0 Å². The van der Waals surface area contributed by atoms with Crippen molar-refractivity contribution < 1.29 is 4.39 Å². The number of aromatic nitrogens is 2. The molecule has 5 heteroatoms. The Morgan fingerprint density at radius 1 is 1.25 bits per heavy atom. The third-order valence-corrected chi connectivity index (χ3v) is 3.16. The molecule has 3 aromatic rings. The molecule has 0 unspecified atom stereocenters. The fourth-order valence-electron chi connectivity index (χ4n) is 1.74. The highest BCUT2D eigenvalue weighted by Crippen LogP contribution is 2.29. The van der Waals surface area contributed by atoms with E-state index in [1.807, 2.05) is 6.07 Å². The van der Waals surface area contributed by atoms with E-state index >= 15 is 0 Å². The van der Waals surface area contributed by atoms with Crippen molar-refractivity contribution in [2.45, 2.75) is 0 Å². The Labute approximate surface area is 104 Å². The Bertz CT molecular complexity index is 708. The second-order valence-corrected chi connectivity index (χ2v) is 4.81. The Morgan fingerprint density at radius 3 is 2.88 bits per heavy atom. The van der Waals surface area contributed by atoms with Crippen LogP contribution in [-0.2, 0) is 0 Å². The predicted octanol–water partition coefficient (Wildman–Crippen LogP) is 4.27. The van der Waals surface area contributed by atoms with Gasteiger partial charge in [-0.3, -0.25) is 4.98 Å². The molecule has 0 spiro atoms. The number of nitrogens with one attached hydrogen (secondary N) is 1. The molecule has 1 N–H and O–H groups in total. The van der Waals surface area contributed by atoms with E-state index in [9.17, 15) is 4.39 Å². The summed E-state index contributed by atoms with van der Waals surface area (Å²) < 4.78 is 14.2. The Balaban J connectivity index is 2.51. The van der Waals surface area contributed by atoms with Crippen molar-refractivity contribution in [2.75, 3.05) is 0 Å². The molecule has 16 heavy (non-hydrogen) atoms. The Hall–Kier alpha value is -1.13. The first-order valence-corrected chi connectivity index (χ1v) is 5.74. The molecule has 0 aliphatic carbocycles. The molecular formula is C11H5BrClFN2. The first-order valence-electron chi connectivity index (χ1n) is 4.57. The van der Waals surface area contributed by atoms with Gasteiger partial charge in [-0.2, -0.15) is 0 Å². The van der Waals surface area contributed by atoms with E-state index in [1.54, 1.807) is 12.3 Å². The lowest BCUT2D eigenvalue weighted by Crippen LogP contribution is -1.77. The highest BCUT2D eigenvalue weighted by molar-refractivity contribution is 9.10. The summed E-state index contributed by atoms with van der Waals surface area (Å²) in [5.41, 5.74) is 2.38. The molecule has 2 heterocycles. The average Bonchev–Trinajstić information content (AvgIpc) is 2.55. The molecule has 2 nitrogen and oxygen atoms in total. The molecule has 0 saturated heterocycles. The van der Waals surface area contributed by atoms with Crippen molar-refractivity contribution in [1.29, 1.82) is 0 Å². The van der Waals surface area contributed by atoms with Crippen molar-refractivity contribution >= 4 is 49.5 Å². The van der Waals surface area contributed by atoms with E-state index in [0.717, 1.165) is 26.4 Å². The van der Waals surface area contributed by atoms with Crippen LogP contribution in [0.3, 0.4) is 0 Å². The van der Waals surface area contributed by atoms with Gasteiger partial charge in [0.05, 0.1) is 16.1 Å². The van der Waals surface area contributed by atoms with Crippen LogP contribution in [0, 0.1) is 5.82 Å². The molecule has 2 aromatic heterocycles. The van der Waals surface area contributed by atoms with E-state index < -0.39 is 5.82 Å². The number of aromatic amines is 1. The fourth-order valence-corrected chi connectivity index (χ4v) is 2.24. The van der Waals surface area contributed by atoms with Crippen molar-refractivity contribution in [3.8, 4) is 0 Å². The van der Waals surface area contributed by atoms with Crippen molar-refractivity contribution in [3.05, 3.63) is 39.7 Å². The van der Waals surface area contributed by atoms with Gasteiger partial charge in [-0.05, 0) is 34.1 Å². The molecule has 0 aliphatic rings. The summed E-state index contributed by atoms with van der Waals surface area (Å²) in [6, 6.07) is 4.87. The fraction of sp³-hybridized carbons (Fsp3) is 0. The number of pyridine rings is 1. The number of halogens is 3. The molecular weight excluding hydrogens is 294 g/mol. The first-order chi connectivity index (χ1) is 7.65. The molecule has 1 aromatic carbocycles. The maximum absolute atomic E-state index is 13.4. The molecule has 0 fully saturated rings. The minimum Gasteiger partial charge on any atom is -0.353 e. The number of H-pyrrole nitrogens is 1. The molecule has 0 bridgehead atoms. The zero-order chi connectivity index (χ0) is 11.3. The second kappa shape index (κ2) is 3.43. The lowest BCUT2D eigenvalue weighted by Gasteiger charge is -1.94. The standard InChI is InChI=1S/C11H5BrClFN2/c12-5-1-10-11(15-4-5)6-2-8(14)7(13)3-9(6)16-10/h1-4,16H. The smallest absolute Gasteiger partial charge is 0.142 e. The van der Waals surface area contributed by atoms with E-state index in [2.05, 4.69) is 25.9 Å². The van der Waals surface area contributed by atoms with Gasteiger partial charge in [0.1, 0.15) is 5.82 Å². The quantitative estimate of drug-likeness (QED) is 0.660. The lowest BCUT2D eigenvalue weighted by molar-refractivity contribution is 0.630. The van der Waals surface area contributed by atoms with E-state index in [-0.39, 0.29) is 5.02 Å². The van der Waals surface area contributed by atoms with E-state index in [4.69, 9.17) is 11.6 Å². The first kappa shape index (κ1) is 10.1. The van der Waals surface area contributed by atoms with Crippen molar-refractivity contribution in [3.63, 3.8) is 0 Å². The lowest BCUT2D eigenvalue weighted by atomic mass is 10.2. The van der Waals surface area contributed by atoms with Crippen LogP contribution < -0.4 is 0 Å². The van der Waals surface area contributed by atoms with Gasteiger partial charge in [0, 0.05) is 21.6 Å². The predicted molar refractivity (Wildman–Crippen MR) is 66.3 cm³/mol. The van der Waals surface area contributed by atoms with Crippen molar-refractivity contribution in [2.24, 2.45) is 0 Å². The molecule has 0 atom stereocenters. The maximum Gasteiger partial charge on any atom is 0.142 e. The van der Waals surface area contributed by atoms with Crippen LogP contribution in [0.15, 0.2) is 28.9 Å². The Kier molecular flexibility index (Phi) is 2.16. The number of hydrogen-bond donors (Lipinski definition) is 1. The molecule has 0 aliphatic heterocycles. The van der Waals surface area contributed by atoms with Gasteiger partial charge >= 0.3 is 0 Å². The van der Waals surface area contributed by atoms with Crippen LogP contribution in [0.5, 0.6) is 0 Å². The van der Waals surface area contributed by atoms with Gasteiger partial charge < -0.3 is 4.98 Å². The second-order valence-electron chi connectivity index (χ2n) is 3.49. The number of benzene rings is 1. The largest absolute Gasteiger partial charge is 0.353 e. The van der Waals surface area contributed by atoms with Crippen molar-refractivity contribution in [1.82, 2.24) is 9.97 Å². The summed E-state index contributed by atoms with van der Waals surface area (Å²) in [5, 5.41) is 0.850. The number of rotatable bonds is 0. The third kappa shape index (κ3) is 1.41. The van der Waals surface area contributed by atoms with Gasteiger partial charge in [-0.25, -0.2) is 4.39 Å². The van der Waals surface area contributed by atoms with Gasteiger partial charge in [0.15, 0.2) is 0 Å². The third-order valence-electron chi connectivity index (χ3n) is 2.44. The monoisotopic (exact) mass is 298 g/mol. The number of fused-ring (bicyclic) bond motifs is 3. The Morgan fingerprint density at radius 2 is 2.06 bits per heavy atom. The molecule has 0 saturated carbocycles. The summed E-state index contributed by atoms with van der Waals surface area (Å²) in [4.78, 5) is 7.40. The van der Waals surface area contributed by atoms with Crippen LogP contribution >= 0.6 is 27.5 Å². The maximum atomic E-state index is 13.4. The number of hydrogen-bond acceptors (Lipinski definition) is 1. The molecule has 80 valence electrons. The van der Waals surface area contributed by atoms with E-state index in [0.29, 0.717) is 0 Å². The van der Waals surface area contributed by atoms with Gasteiger partial charge in [-0.1, -0.05) is 11.6 Å². The minimum atomic E-state index is -0.431. The average molecular weight is 300 g/mol. The van der Waals surface area contributed by atoms with Gasteiger partial charge in [0.25, 0.3) is 0 Å². The summed E-state index contributed by atoms with van der Waals surface area (Å²) in [6.07, 6.45) is 1.68. The minimum absolute atomic E-state index is 0.109. The zero-order valence-electron chi connectivity index (χ0n) is 7.89. The molecule has 0 amide bonds. The number of nitrogens with zero attached hydrogens (tertiary/aromatic N) is 1. The SMILES string of the molecule is Fc1cc2c(cc1Cl)[nH]c1cc(Br)cnc12. The summed E-state index contributed by atoms with van der Waals surface area (Å²) in [7, 11) is 0. The highest BCUT2D eigenvalue weighted by Gasteiger charge is 2.09. The van der Waals surface area contributed by atoms with Crippen LogP contribution in [0.25, 0.3) is 21.9 Å². The zero-order valence-corrected chi connectivity index (χ0v) is 10.2. The van der Waals surface area contributed by atoms with E-state index in [1.165, 1.54) is 6.07 Å². The van der Waals surface area contributed by atoms with Crippen LogP contribution in [-0.4, -0.2) is 9.97 Å². The van der Waals surface area contributed by atoms with Crippen LogP contribution in [0.4, 0.5) is 4.39 Å². The highest BCUT2D eigenvalue weighted by atomic mass is 79.9. The van der Waals surface area contributed by atoms with Crippen LogP contribution in [0.2, 0.25) is 5.02 Å². The van der Waals surface area contributed by atoms with Crippen LogP contribution in [0.1, 0.15) is 0 Å². The summed E-state index contributed by atoms with van der Waals surface area (Å²) >= 11 is 9.06. The summed E-state index contributed by atoms with van der Waals surface area (Å²) in [5.74, 6) is -0.431. The molecule has 3 rings (SSSR count). The topological polar surface area (TPSA) is 28.7 Å². The van der Waals surface area contributed by atoms with Gasteiger partial charge in [0.2, 0.25) is 0 Å². The molecule has 0 radical (unpaired) electrons. The summed E-state index contributed by atoms with van der Waals surface area (Å²) in [6.45, 7) is 0. The normalized spacial score (nSPS) is 11.4.